The monoisotopic (exact) mass is 452 g/mol. The molecule has 1 aliphatic carbocycles. The third-order valence-electron chi connectivity index (χ3n) is 6.04. The largest absolute Gasteiger partial charge is 0.478 e. The van der Waals surface area contributed by atoms with Crippen LogP contribution in [0.5, 0.6) is 0 Å². The van der Waals surface area contributed by atoms with Gasteiger partial charge in [0.05, 0.1) is 28.7 Å². The van der Waals surface area contributed by atoms with Crippen LogP contribution in [0.15, 0.2) is 53.4 Å². The first-order valence-electron chi connectivity index (χ1n) is 11.0. The molecule has 4 rings (SSSR count). The fourth-order valence-corrected chi connectivity index (χ4v) is 5.40. The number of hydrogen-bond acceptors (Lipinski definition) is 5. The molecule has 0 aromatic heterocycles. The predicted octanol–water partition coefficient (Wildman–Crippen LogP) is 5.56. The number of allylic oxidation sites excluding steroid dienone is 1. The number of nitrogens with zero attached hydrogens (tertiary/aromatic N) is 2. The molecule has 1 unspecified atom stereocenters. The van der Waals surface area contributed by atoms with Crippen molar-refractivity contribution in [1.82, 2.24) is 10.0 Å². The van der Waals surface area contributed by atoms with E-state index in [0.29, 0.717) is 17.4 Å². The summed E-state index contributed by atoms with van der Waals surface area (Å²) in [5, 5.41) is 23.9. The van der Waals surface area contributed by atoms with Gasteiger partial charge in [-0.05, 0) is 49.8 Å². The minimum atomic E-state index is -1.13. The quantitative estimate of drug-likeness (QED) is 0.516. The lowest BCUT2D eigenvalue weighted by atomic mass is 9.99. The first-order valence-corrected chi connectivity index (χ1v) is 11.9. The molecule has 1 aliphatic heterocycles. The van der Waals surface area contributed by atoms with Crippen LogP contribution in [0.4, 0.5) is 0 Å². The lowest BCUT2D eigenvalue weighted by Gasteiger charge is -2.41. The van der Waals surface area contributed by atoms with Crippen LogP contribution >= 0.6 is 11.8 Å². The van der Waals surface area contributed by atoms with Gasteiger partial charge in [-0.15, -0.1) is 11.8 Å². The summed E-state index contributed by atoms with van der Waals surface area (Å²) in [5.41, 5.74) is 2.70. The summed E-state index contributed by atoms with van der Waals surface area (Å²) in [4.78, 5) is 24.6. The van der Waals surface area contributed by atoms with E-state index >= 15 is 0 Å². The Hall–Kier alpha value is -2.77. The van der Waals surface area contributed by atoms with E-state index in [1.54, 1.807) is 17.8 Å². The van der Waals surface area contributed by atoms with Crippen molar-refractivity contribution in [3.63, 3.8) is 0 Å². The van der Waals surface area contributed by atoms with Gasteiger partial charge in [0, 0.05) is 17.0 Å². The second kappa shape index (κ2) is 9.38. The molecule has 2 aromatic carbocycles. The van der Waals surface area contributed by atoms with Gasteiger partial charge in [-0.1, -0.05) is 43.3 Å². The number of benzene rings is 2. The van der Waals surface area contributed by atoms with Crippen molar-refractivity contribution in [1.29, 1.82) is 0 Å². The Labute approximate surface area is 192 Å². The van der Waals surface area contributed by atoms with Crippen molar-refractivity contribution >= 4 is 29.4 Å². The van der Waals surface area contributed by atoms with E-state index in [4.69, 9.17) is 0 Å². The second-order valence-electron chi connectivity index (χ2n) is 8.30. The van der Waals surface area contributed by atoms with Gasteiger partial charge >= 0.3 is 11.9 Å². The number of carbonyl (C=O) groups is 2. The summed E-state index contributed by atoms with van der Waals surface area (Å²) in [6.45, 7) is 5.02. The van der Waals surface area contributed by atoms with Crippen LogP contribution in [0, 0.1) is 5.92 Å². The van der Waals surface area contributed by atoms with Crippen LogP contribution in [0.1, 0.15) is 71.0 Å². The maximum atomic E-state index is 12.1. The van der Waals surface area contributed by atoms with Crippen LogP contribution in [0.25, 0.3) is 5.70 Å². The summed E-state index contributed by atoms with van der Waals surface area (Å²) in [7, 11) is 0. The minimum absolute atomic E-state index is 0.0193. The Kier molecular flexibility index (Phi) is 6.58. The third kappa shape index (κ3) is 4.40. The number of hydrogen-bond donors (Lipinski definition) is 2. The smallest absolute Gasteiger partial charge is 0.336 e. The lowest BCUT2D eigenvalue weighted by molar-refractivity contribution is -0.00442. The summed E-state index contributed by atoms with van der Waals surface area (Å²) < 4.78 is 0. The van der Waals surface area contributed by atoms with Crippen LogP contribution in [-0.2, 0) is 0 Å². The average Bonchev–Trinajstić information content (AvgIpc) is 3.54. The molecule has 6 nitrogen and oxygen atoms in total. The van der Waals surface area contributed by atoms with E-state index in [1.165, 1.54) is 30.5 Å². The lowest BCUT2D eigenvalue weighted by Crippen LogP contribution is -2.44. The molecule has 0 bridgehead atoms. The number of carboxylic acids is 2. The van der Waals surface area contributed by atoms with E-state index in [0.717, 1.165) is 23.6 Å². The zero-order valence-corrected chi connectivity index (χ0v) is 19.1. The van der Waals surface area contributed by atoms with Crippen LogP contribution in [-0.4, -0.2) is 44.6 Å². The standard InChI is InChI=1S/C25H28N2O4S/c1-3-13-26(23(18-9-10-18)17-7-5-4-6-8-17)27-15-32-16(2)22(27)20-12-11-19(24(28)29)14-21(20)25(30)31/h4-8,11-12,14,18,23H,3,9-10,13,15H2,1-2H3,(H,28,29)(H,30,31). The Morgan fingerprint density at radius 1 is 1.12 bits per heavy atom. The van der Waals surface area contributed by atoms with Gasteiger partial charge in [0.1, 0.15) is 0 Å². The molecule has 0 amide bonds. The van der Waals surface area contributed by atoms with Crippen molar-refractivity contribution < 1.29 is 19.8 Å². The summed E-state index contributed by atoms with van der Waals surface area (Å²) >= 11 is 1.69. The van der Waals surface area contributed by atoms with Gasteiger partial charge in [-0.3, -0.25) is 5.01 Å². The molecule has 32 heavy (non-hydrogen) atoms. The van der Waals surface area contributed by atoms with Gasteiger partial charge in [-0.2, -0.15) is 0 Å². The molecule has 0 spiro atoms. The van der Waals surface area contributed by atoms with E-state index in [-0.39, 0.29) is 17.2 Å². The number of rotatable bonds is 9. The van der Waals surface area contributed by atoms with Crippen molar-refractivity contribution in [2.24, 2.45) is 5.92 Å². The van der Waals surface area contributed by atoms with E-state index in [2.05, 4.69) is 41.2 Å². The second-order valence-corrected chi connectivity index (χ2v) is 9.46. The van der Waals surface area contributed by atoms with Crippen LogP contribution in [0.3, 0.4) is 0 Å². The predicted molar refractivity (Wildman–Crippen MR) is 126 cm³/mol. The minimum Gasteiger partial charge on any atom is -0.478 e. The molecule has 1 heterocycles. The average molecular weight is 453 g/mol. The molecular weight excluding hydrogens is 424 g/mol. The van der Waals surface area contributed by atoms with Gasteiger partial charge in [0.15, 0.2) is 0 Å². The number of carboxylic acid groups (broad SMARTS) is 2. The van der Waals surface area contributed by atoms with E-state index in [1.807, 2.05) is 13.0 Å². The van der Waals surface area contributed by atoms with Gasteiger partial charge in [0.2, 0.25) is 0 Å². The van der Waals surface area contributed by atoms with Crippen molar-refractivity contribution in [3.05, 3.63) is 75.7 Å². The molecule has 1 saturated carbocycles. The van der Waals surface area contributed by atoms with Crippen molar-refractivity contribution in [2.75, 3.05) is 12.4 Å². The molecule has 0 radical (unpaired) electrons. The Morgan fingerprint density at radius 2 is 1.84 bits per heavy atom. The Morgan fingerprint density at radius 3 is 2.44 bits per heavy atom. The van der Waals surface area contributed by atoms with Gasteiger partial charge in [0.25, 0.3) is 0 Å². The summed E-state index contributed by atoms with van der Waals surface area (Å²) in [5.74, 6) is -0.974. The fraction of sp³-hybridized carbons (Fsp3) is 0.360. The highest BCUT2D eigenvalue weighted by molar-refractivity contribution is 8.03. The molecule has 2 aromatic rings. The molecule has 168 valence electrons. The molecule has 2 aliphatic rings. The highest BCUT2D eigenvalue weighted by atomic mass is 32.2. The Balaban J connectivity index is 1.79. The van der Waals surface area contributed by atoms with Crippen molar-refractivity contribution in [3.8, 4) is 0 Å². The first-order chi connectivity index (χ1) is 15.4. The highest BCUT2D eigenvalue weighted by Gasteiger charge is 2.41. The maximum Gasteiger partial charge on any atom is 0.336 e. The normalized spacial score (nSPS) is 17.2. The first kappa shape index (κ1) is 22.4. The number of thioether (sulfide) groups is 1. The molecule has 2 N–H and O–H groups in total. The van der Waals surface area contributed by atoms with E-state index < -0.39 is 11.9 Å². The molecule has 1 atom stereocenters. The zero-order valence-electron chi connectivity index (χ0n) is 18.3. The Bertz CT molecular complexity index is 1050. The topological polar surface area (TPSA) is 81.1 Å². The van der Waals surface area contributed by atoms with Gasteiger partial charge < -0.3 is 10.2 Å². The fourth-order valence-electron chi connectivity index (χ4n) is 4.45. The SMILES string of the molecule is CCCN(C(c1ccccc1)C1CC1)N1CSC(C)=C1c1ccc(C(=O)O)cc1C(=O)O. The van der Waals surface area contributed by atoms with Gasteiger partial charge in [-0.25, -0.2) is 14.6 Å². The number of hydrazine groups is 1. The molecule has 0 saturated heterocycles. The zero-order chi connectivity index (χ0) is 22.8. The molecule has 1 fully saturated rings. The molecular formula is C25H28N2O4S. The van der Waals surface area contributed by atoms with Crippen LogP contribution < -0.4 is 0 Å². The summed E-state index contributed by atoms with van der Waals surface area (Å²) in [6.07, 6.45) is 3.34. The number of aromatic carboxylic acids is 2. The highest BCUT2D eigenvalue weighted by Crippen LogP contribution is 2.49. The van der Waals surface area contributed by atoms with Crippen LogP contribution in [0.2, 0.25) is 0 Å². The van der Waals surface area contributed by atoms with Crippen molar-refractivity contribution in [2.45, 2.75) is 39.2 Å². The maximum absolute atomic E-state index is 12.1. The summed E-state index contributed by atoms with van der Waals surface area (Å²) in [6, 6.07) is 15.2. The molecule has 7 heteroatoms. The third-order valence-corrected chi connectivity index (χ3v) is 7.04. The van der Waals surface area contributed by atoms with E-state index in [9.17, 15) is 19.8 Å².